The summed E-state index contributed by atoms with van der Waals surface area (Å²) in [4.78, 5) is 26.1. The van der Waals surface area contributed by atoms with E-state index in [4.69, 9.17) is 9.26 Å². The van der Waals surface area contributed by atoms with E-state index in [1.165, 1.54) is 24.3 Å². The second-order valence-corrected chi connectivity index (χ2v) is 6.21. The van der Waals surface area contributed by atoms with E-state index in [0.29, 0.717) is 43.3 Å². The molecule has 1 fully saturated rings. The zero-order chi connectivity index (χ0) is 18.5. The Labute approximate surface area is 150 Å². The van der Waals surface area contributed by atoms with Crippen LogP contribution >= 0.6 is 0 Å². The lowest BCUT2D eigenvalue weighted by Gasteiger charge is -2.31. The van der Waals surface area contributed by atoms with Crippen molar-refractivity contribution in [1.82, 2.24) is 10.1 Å². The lowest BCUT2D eigenvalue weighted by Crippen LogP contribution is -2.43. The molecule has 1 N–H and O–H groups in total. The summed E-state index contributed by atoms with van der Waals surface area (Å²) in [7, 11) is 0. The summed E-state index contributed by atoms with van der Waals surface area (Å²) in [5, 5.41) is 6.47. The molecule has 138 valence electrons. The second-order valence-electron chi connectivity index (χ2n) is 6.21. The molecule has 8 heteroatoms. The third-order valence-corrected chi connectivity index (χ3v) is 4.27. The molecule has 1 aliphatic rings. The van der Waals surface area contributed by atoms with Crippen LogP contribution in [0, 0.1) is 18.7 Å². The van der Waals surface area contributed by atoms with E-state index in [1.807, 2.05) is 0 Å². The van der Waals surface area contributed by atoms with Gasteiger partial charge in [0.05, 0.1) is 0 Å². The number of amides is 2. The fourth-order valence-corrected chi connectivity index (χ4v) is 2.81. The van der Waals surface area contributed by atoms with E-state index in [2.05, 4.69) is 10.5 Å². The molecule has 0 aliphatic carbocycles. The molecule has 7 nitrogen and oxygen atoms in total. The first kappa shape index (κ1) is 17.9. The number of rotatable bonds is 5. The van der Waals surface area contributed by atoms with Gasteiger partial charge in [-0.1, -0.05) is 5.16 Å². The molecule has 1 aliphatic heterocycles. The van der Waals surface area contributed by atoms with Crippen molar-refractivity contribution in [1.29, 1.82) is 0 Å². The zero-order valence-corrected chi connectivity index (χ0v) is 14.4. The summed E-state index contributed by atoms with van der Waals surface area (Å²) in [5.74, 6) is 0.671. The number of carbonyl (C=O) groups is 2. The number of likely N-dealkylation sites (tertiary alicyclic amines) is 1. The topological polar surface area (TPSA) is 84.7 Å². The predicted octanol–water partition coefficient (Wildman–Crippen LogP) is 2.38. The van der Waals surface area contributed by atoms with Crippen LogP contribution in [-0.2, 0) is 9.59 Å². The highest BCUT2D eigenvalue weighted by molar-refractivity contribution is 5.91. The third-order valence-electron chi connectivity index (χ3n) is 4.27. The standard InChI is InChI=1S/C18H20FN3O4/c1-12-10-16(21-26-12)20-18(24)13-6-8-22(9-7-13)17(23)11-25-15-4-2-14(19)3-5-15/h2-5,10,13H,6-9,11H2,1H3,(H,20,21,24). The molecule has 1 aromatic heterocycles. The summed E-state index contributed by atoms with van der Waals surface area (Å²) in [6, 6.07) is 7.17. The van der Waals surface area contributed by atoms with Crippen LogP contribution in [0.2, 0.25) is 0 Å². The fourth-order valence-electron chi connectivity index (χ4n) is 2.81. The van der Waals surface area contributed by atoms with Crippen LogP contribution < -0.4 is 10.1 Å². The Morgan fingerprint density at radius 1 is 1.31 bits per heavy atom. The minimum Gasteiger partial charge on any atom is -0.484 e. The lowest BCUT2D eigenvalue weighted by molar-refractivity contribution is -0.136. The Bertz CT molecular complexity index is 767. The van der Waals surface area contributed by atoms with Crippen LogP contribution in [0.3, 0.4) is 0 Å². The Morgan fingerprint density at radius 2 is 2.00 bits per heavy atom. The average Bonchev–Trinajstić information content (AvgIpc) is 3.06. The van der Waals surface area contributed by atoms with Crippen molar-refractivity contribution in [2.24, 2.45) is 5.92 Å². The number of nitrogens with zero attached hydrogens (tertiary/aromatic N) is 2. The largest absolute Gasteiger partial charge is 0.484 e. The van der Waals surface area contributed by atoms with Gasteiger partial charge in [0.1, 0.15) is 17.3 Å². The summed E-state index contributed by atoms with van der Waals surface area (Å²) in [5.41, 5.74) is 0. The Balaban J connectivity index is 1.43. The van der Waals surface area contributed by atoms with Crippen LogP contribution in [0.1, 0.15) is 18.6 Å². The van der Waals surface area contributed by atoms with Crippen LogP contribution in [0.5, 0.6) is 5.75 Å². The van der Waals surface area contributed by atoms with Gasteiger partial charge in [0.15, 0.2) is 12.4 Å². The number of hydrogen-bond acceptors (Lipinski definition) is 5. The summed E-state index contributed by atoms with van der Waals surface area (Å²) in [6.45, 7) is 2.62. The number of piperidine rings is 1. The molecule has 2 aromatic rings. The molecule has 2 amide bonds. The highest BCUT2D eigenvalue weighted by atomic mass is 19.1. The number of aryl methyl sites for hydroxylation is 1. The van der Waals surface area contributed by atoms with Crippen molar-refractivity contribution in [3.8, 4) is 5.75 Å². The van der Waals surface area contributed by atoms with Crippen molar-refractivity contribution in [3.05, 3.63) is 41.9 Å². The summed E-state index contributed by atoms with van der Waals surface area (Å²) in [6.07, 6.45) is 1.15. The first-order valence-corrected chi connectivity index (χ1v) is 8.41. The number of anilines is 1. The Hall–Kier alpha value is -2.90. The third kappa shape index (κ3) is 4.59. The van der Waals surface area contributed by atoms with E-state index in [0.717, 1.165) is 0 Å². The van der Waals surface area contributed by atoms with E-state index in [-0.39, 0.29) is 30.2 Å². The molecule has 1 saturated heterocycles. The van der Waals surface area contributed by atoms with Gasteiger partial charge in [0, 0.05) is 25.1 Å². The highest BCUT2D eigenvalue weighted by Crippen LogP contribution is 2.20. The van der Waals surface area contributed by atoms with Gasteiger partial charge < -0.3 is 19.5 Å². The van der Waals surface area contributed by atoms with Gasteiger partial charge in [-0.05, 0) is 44.0 Å². The Kier molecular flexibility index (Phi) is 5.50. The molecule has 3 rings (SSSR count). The molecular formula is C18H20FN3O4. The van der Waals surface area contributed by atoms with Gasteiger partial charge >= 0.3 is 0 Å². The smallest absolute Gasteiger partial charge is 0.260 e. The van der Waals surface area contributed by atoms with Gasteiger partial charge in [-0.15, -0.1) is 0 Å². The molecule has 0 bridgehead atoms. The Morgan fingerprint density at radius 3 is 2.62 bits per heavy atom. The van der Waals surface area contributed by atoms with Crippen LogP contribution in [-0.4, -0.2) is 41.6 Å². The number of carbonyl (C=O) groups excluding carboxylic acids is 2. The van der Waals surface area contributed by atoms with Crippen LogP contribution in [0.15, 0.2) is 34.9 Å². The summed E-state index contributed by atoms with van der Waals surface area (Å²) < 4.78 is 23.1. The monoisotopic (exact) mass is 361 g/mol. The fraction of sp³-hybridized carbons (Fsp3) is 0.389. The maximum atomic E-state index is 12.8. The highest BCUT2D eigenvalue weighted by Gasteiger charge is 2.28. The molecule has 0 unspecified atom stereocenters. The molecule has 0 saturated carbocycles. The van der Waals surface area contributed by atoms with Crippen molar-refractivity contribution in [3.63, 3.8) is 0 Å². The first-order valence-electron chi connectivity index (χ1n) is 8.41. The van der Waals surface area contributed by atoms with Crippen molar-refractivity contribution in [2.75, 3.05) is 25.0 Å². The predicted molar refractivity (Wildman–Crippen MR) is 91.1 cm³/mol. The van der Waals surface area contributed by atoms with Crippen LogP contribution in [0.4, 0.5) is 10.2 Å². The van der Waals surface area contributed by atoms with Crippen molar-refractivity contribution in [2.45, 2.75) is 19.8 Å². The minimum atomic E-state index is -0.357. The number of benzene rings is 1. The molecule has 26 heavy (non-hydrogen) atoms. The number of aromatic nitrogens is 1. The molecular weight excluding hydrogens is 341 g/mol. The molecule has 0 spiro atoms. The second kappa shape index (κ2) is 7.99. The quantitative estimate of drug-likeness (QED) is 0.884. The number of halogens is 1. The van der Waals surface area contributed by atoms with Gasteiger partial charge in [0.25, 0.3) is 5.91 Å². The van der Waals surface area contributed by atoms with Gasteiger partial charge in [-0.2, -0.15) is 0 Å². The van der Waals surface area contributed by atoms with Gasteiger partial charge in [-0.25, -0.2) is 4.39 Å². The van der Waals surface area contributed by atoms with E-state index >= 15 is 0 Å². The number of hydrogen-bond donors (Lipinski definition) is 1. The summed E-state index contributed by atoms with van der Waals surface area (Å²) >= 11 is 0. The zero-order valence-electron chi connectivity index (χ0n) is 14.4. The SMILES string of the molecule is Cc1cc(NC(=O)C2CCN(C(=O)COc3ccc(F)cc3)CC2)no1. The molecule has 1 aromatic carbocycles. The van der Waals surface area contributed by atoms with Crippen molar-refractivity contribution < 1.29 is 23.2 Å². The van der Waals surface area contributed by atoms with Gasteiger partial charge in [0.2, 0.25) is 5.91 Å². The maximum Gasteiger partial charge on any atom is 0.260 e. The maximum absolute atomic E-state index is 12.8. The molecule has 0 atom stereocenters. The van der Waals surface area contributed by atoms with E-state index in [9.17, 15) is 14.0 Å². The van der Waals surface area contributed by atoms with Crippen LogP contribution in [0.25, 0.3) is 0 Å². The number of nitrogens with one attached hydrogen (secondary N) is 1. The molecule has 0 radical (unpaired) electrons. The minimum absolute atomic E-state index is 0.110. The molecule has 2 heterocycles. The average molecular weight is 361 g/mol. The lowest BCUT2D eigenvalue weighted by atomic mass is 9.96. The van der Waals surface area contributed by atoms with Crippen molar-refractivity contribution >= 4 is 17.6 Å². The first-order chi connectivity index (χ1) is 12.5. The van der Waals surface area contributed by atoms with Gasteiger partial charge in [-0.3, -0.25) is 9.59 Å². The van der Waals surface area contributed by atoms with E-state index < -0.39 is 0 Å². The van der Waals surface area contributed by atoms with E-state index in [1.54, 1.807) is 17.9 Å². The normalized spacial score (nSPS) is 14.9. The number of ether oxygens (including phenoxy) is 1.